The predicted molar refractivity (Wildman–Crippen MR) is 123 cm³/mol. The molecule has 0 aliphatic heterocycles. The molecule has 2 aromatic carbocycles. The Kier molecular flexibility index (Phi) is 8.33. The molecule has 0 aliphatic carbocycles. The molecule has 0 bridgehead atoms. The first kappa shape index (κ1) is 22.4. The molecule has 0 aliphatic rings. The topological polar surface area (TPSA) is 9.23 Å². The van der Waals surface area contributed by atoms with E-state index in [0.29, 0.717) is 0 Å². The zero-order valence-electron chi connectivity index (χ0n) is 17.7. The molecule has 148 valence electrons. The SMILES string of the molecule is CC(C)(C)c1cccc(SCCOCCSc2cccc(C(C)(C)C)c2)c1. The van der Waals surface area contributed by atoms with E-state index in [-0.39, 0.29) is 10.8 Å². The lowest BCUT2D eigenvalue weighted by Crippen LogP contribution is -2.10. The van der Waals surface area contributed by atoms with E-state index in [4.69, 9.17) is 4.74 Å². The Morgan fingerprint density at radius 3 is 1.44 bits per heavy atom. The average Bonchev–Trinajstić information content (AvgIpc) is 2.60. The molecule has 27 heavy (non-hydrogen) atoms. The van der Waals surface area contributed by atoms with Crippen LogP contribution in [0.5, 0.6) is 0 Å². The molecule has 0 fully saturated rings. The van der Waals surface area contributed by atoms with Crippen LogP contribution in [0.2, 0.25) is 0 Å². The third kappa shape index (κ3) is 7.93. The minimum atomic E-state index is 0.203. The van der Waals surface area contributed by atoms with Crippen LogP contribution < -0.4 is 0 Å². The van der Waals surface area contributed by atoms with Crippen LogP contribution >= 0.6 is 23.5 Å². The van der Waals surface area contributed by atoms with Gasteiger partial charge in [0, 0.05) is 21.3 Å². The van der Waals surface area contributed by atoms with E-state index < -0.39 is 0 Å². The molecular weight excluding hydrogens is 368 g/mol. The summed E-state index contributed by atoms with van der Waals surface area (Å²) in [6, 6.07) is 17.7. The van der Waals surface area contributed by atoms with Crippen LogP contribution in [0.1, 0.15) is 52.7 Å². The maximum atomic E-state index is 5.83. The first-order chi connectivity index (χ1) is 12.7. The molecule has 0 radical (unpaired) electrons. The monoisotopic (exact) mass is 402 g/mol. The average molecular weight is 403 g/mol. The van der Waals surface area contributed by atoms with Gasteiger partial charge in [0.15, 0.2) is 0 Å². The third-order valence-electron chi connectivity index (χ3n) is 4.39. The summed E-state index contributed by atoms with van der Waals surface area (Å²) in [7, 11) is 0. The highest BCUT2D eigenvalue weighted by atomic mass is 32.2. The number of hydrogen-bond donors (Lipinski definition) is 0. The first-order valence-electron chi connectivity index (χ1n) is 9.71. The summed E-state index contributed by atoms with van der Waals surface area (Å²) in [5.74, 6) is 2.00. The molecule has 0 aromatic heterocycles. The van der Waals surface area contributed by atoms with Gasteiger partial charge < -0.3 is 4.74 Å². The Bertz CT molecular complexity index is 649. The van der Waals surface area contributed by atoms with Gasteiger partial charge in [-0.15, -0.1) is 23.5 Å². The molecule has 0 heterocycles. The number of hydrogen-bond acceptors (Lipinski definition) is 3. The van der Waals surface area contributed by atoms with E-state index in [9.17, 15) is 0 Å². The summed E-state index contributed by atoms with van der Waals surface area (Å²) in [5.41, 5.74) is 3.19. The Hall–Kier alpha value is -0.900. The van der Waals surface area contributed by atoms with Crippen LogP contribution in [0.4, 0.5) is 0 Å². The van der Waals surface area contributed by atoms with Crippen molar-refractivity contribution < 1.29 is 4.74 Å². The van der Waals surface area contributed by atoms with Crippen LogP contribution in [-0.2, 0) is 15.6 Å². The molecule has 0 atom stereocenters. The summed E-state index contributed by atoms with van der Waals surface area (Å²) in [4.78, 5) is 2.67. The summed E-state index contributed by atoms with van der Waals surface area (Å²) < 4.78 is 5.83. The van der Waals surface area contributed by atoms with Crippen LogP contribution in [0.25, 0.3) is 0 Å². The van der Waals surface area contributed by atoms with Gasteiger partial charge in [0.05, 0.1) is 13.2 Å². The van der Waals surface area contributed by atoms with Gasteiger partial charge in [-0.1, -0.05) is 65.8 Å². The quantitative estimate of drug-likeness (QED) is 0.342. The van der Waals surface area contributed by atoms with Crippen molar-refractivity contribution in [3.8, 4) is 0 Å². The molecular formula is C24H34OS2. The Balaban J connectivity index is 1.66. The normalized spacial score (nSPS) is 12.4. The molecule has 0 amide bonds. The fourth-order valence-corrected chi connectivity index (χ4v) is 4.29. The minimum Gasteiger partial charge on any atom is -0.380 e. The van der Waals surface area contributed by atoms with Crippen LogP contribution in [0, 0.1) is 0 Å². The van der Waals surface area contributed by atoms with Crippen molar-refractivity contribution in [1.29, 1.82) is 0 Å². The van der Waals surface area contributed by atoms with Crippen molar-refractivity contribution >= 4 is 23.5 Å². The summed E-state index contributed by atoms with van der Waals surface area (Å²) in [6.07, 6.45) is 0. The van der Waals surface area contributed by atoms with Gasteiger partial charge in [-0.05, 0) is 46.2 Å². The molecule has 2 rings (SSSR count). The van der Waals surface area contributed by atoms with Gasteiger partial charge in [0.1, 0.15) is 0 Å². The number of rotatable bonds is 8. The first-order valence-corrected chi connectivity index (χ1v) is 11.7. The second kappa shape index (κ2) is 10.0. The number of thioether (sulfide) groups is 2. The maximum Gasteiger partial charge on any atom is 0.0560 e. The second-order valence-corrected chi connectivity index (χ2v) is 11.2. The summed E-state index contributed by atoms with van der Waals surface area (Å²) in [6.45, 7) is 15.1. The van der Waals surface area contributed by atoms with Crippen LogP contribution in [0.3, 0.4) is 0 Å². The van der Waals surface area contributed by atoms with Crippen molar-refractivity contribution in [1.82, 2.24) is 0 Å². The summed E-state index contributed by atoms with van der Waals surface area (Å²) in [5, 5.41) is 0. The zero-order valence-corrected chi connectivity index (χ0v) is 19.3. The molecule has 0 unspecified atom stereocenters. The largest absolute Gasteiger partial charge is 0.380 e. The van der Waals surface area contributed by atoms with Crippen LogP contribution in [0.15, 0.2) is 58.3 Å². The van der Waals surface area contributed by atoms with Crippen LogP contribution in [-0.4, -0.2) is 24.7 Å². The van der Waals surface area contributed by atoms with Gasteiger partial charge in [-0.3, -0.25) is 0 Å². The Morgan fingerprint density at radius 2 is 1.07 bits per heavy atom. The van der Waals surface area contributed by atoms with E-state index >= 15 is 0 Å². The number of ether oxygens (including phenoxy) is 1. The standard InChI is InChI=1S/C24H34OS2/c1-23(2,3)19-9-7-11-21(17-19)26-15-13-25-14-16-27-22-12-8-10-20(18-22)24(4,5)6/h7-12,17-18H,13-16H2,1-6H3. The van der Waals surface area contributed by atoms with Gasteiger partial charge in [0.25, 0.3) is 0 Å². The van der Waals surface area contributed by atoms with E-state index in [1.165, 1.54) is 20.9 Å². The molecule has 0 N–H and O–H groups in total. The Labute approximate surface area is 174 Å². The smallest absolute Gasteiger partial charge is 0.0560 e. The van der Waals surface area contributed by atoms with E-state index in [1.807, 2.05) is 23.5 Å². The van der Waals surface area contributed by atoms with Crippen molar-refractivity contribution in [2.45, 2.75) is 62.2 Å². The lowest BCUT2D eigenvalue weighted by Gasteiger charge is -2.19. The van der Waals surface area contributed by atoms with Gasteiger partial charge in [-0.2, -0.15) is 0 Å². The summed E-state index contributed by atoms with van der Waals surface area (Å²) >= 11 is 3.76. The minimum absolute atomic E-state index is 0.203. The molecule has 0 spiro atoms. The fourth-order valence-electron chi connectivity index (χ4n) is 2.64. The second-order valence-electron chi connectivity index (χ2n) is 8.86. The molecule has 3 heteroatoms. The predicted octanol–water partition coefficient (Wildman–Crippen LogP) is 7.18. The maximum absolute atomic E-state index is 5.83. The highest BCUT2D eigenvalue weighted by molar-refractivity contribution is 7.99. The van der Waals surface area contributed by atoms with Gasteiger partial charge >= 0.3 is 0 Å². The van der Waals surface area contributed by atoms with E-state index in [2.05, 4.69) is 90.1 Å². The van der Waals surface area contributed by atoms with Gasteiger partial charge in [-0.25, -0.2) is 0 Å². The number of benzene rings is 2. The molecule has 1 nitrogen and oxygen atoms in total. The van der Waals surface area contributed by atoms with Crippen molar-refractivity contribution in [3.05, 3.63) is 59.7 Å². The van der Waals surface area contributed by atoms with E-state index in [1.54, 1.807) is 0 Å². The van der Waals surface area contributed by atoms with Crippen molar-refractivity contribution in [2.24, 2.45) is 0 Å². The molecule has 2 aromatic rings. The van der Waals surface area contributed by atoms with Gasteiger partial charge in [0.2, 0.25) is 0 Å². The highest BCUT2D eigenvalue weighted by Gasteiger charge is 2.14. The zero-order chi connectivity index (χ0) is 19.9. The fraction of sp³-hybridized carbons (Fsp3) is 0.500. The molecule has 0 saturated carbocycles. The highest BCUT2D eigenvalue weighted by Crippen LogP contribution is 2.28. The third-order valence-corrected chi connectivity index (χ3v) is 6.31. The van der Waals surface area contributed by atoms with E-state index in [0.717, 1.165) is 24.7 Å². The Morgan fingerprint density at radius 1 is 0.667 bits per heavy atom. The van der Waals surface area contributed by atoms with Crippen molar-refractivity contribution in [2.75, 3.05) is 24.7 Å². The molecule has 0 saturated heterocycles. The lowest BCUT2D eigenvalue weighted by atomic mass is 9.87. The lowest BCUT2D eigenvalue weighted by molar-refractivity contribution is 0.167. The van der Waals surface area contributed by atoms with Crippen molar-refractivity contribution in [3.63, 3.8) is 0 Å².